The van der Waals surface area contributed by atoms with E-state index in [1.165, 1.54) is 24.0 Å². The van der Waals surface area contributed by atoms with E-state index in [4.69, 9.17) is 10.5 Å². The zero-order valence-corrected chi connectivity index (χ0v) is 11.6. The van der Waals surface area contributed by atoms with Gasteiger partial charge in [0.1, 0.15) is 5.75 Å². The second-order valence-electron chi connectivity index (χ2n) is 5.42. The first kappa shape index (κ1) is 13.4. The van der Waals surface area contributed by atoms with Crippen LogP contribution in [-0.4, -0.2) is 12.6 Å². The van der Waals surface area contributed by atoms with E-state index in [1.807, 2.05) is 0 Å². The number of benzene rings is 1. The molecule has 2 nitrogen and oxygen atoms in total. The van der Waals surface area contributed by atoms with Gasteiger partial charge < -0.3 is 10.5 Å². The van der Waals surface area contributed by atoms with Crippen molar-refractivity contribution in [2.24, 2.45) is 11.7 Å². The lowest BCUT2D eigenvalue weighted by atomic mass is 10.0. The maximum atomic E-state index is 6.08. The van der Waals surface area contributed by atoms with E-state index in [9.17, 15) is 0 Å². The Morgan fingerprint density at radius 1 is 1.33 bits per heavy atom. The van der Waals surface area contributed by atoms with Crippen molar-refractivity contribution >= 4 is 0 Å². The molecular weight excluding hydrogens is 222 g/mol. The summed E-state index contributed by atoms with van der Waals surface area (Å²) in [7, 11) is 0. The van der Waals surface area contributed by atoms with E-state index >= 15 is 0 Å². The van der Waals surface area contributed by atoms with Gasteiger partial charge in [-0.1, -0.05) is 26.0 Å². The Morgan fingerprint density at radius 3 is 2.72 bits per heavy atom. The first-order chi connectivity index (χ1) is 8.72. The largest absolute Gasteiger partial charge is 0.493 e. The minimum atomic E-state index is 0.236. The predicted octanol–water partition coefficient (Wildman–Crippen LogP) is 3.32. The van der Waals surface area contributed by atoms with Gasteiger partial charge in [-0.25, -0.2) is 0 Å². The number of hydrogen-bond acceptors (Lipinski definition) is 2. The van der Waals surface area contributed by atoms with Crippen LogP contribution >= 0.6 is 0 Å². The van der Waals surface area contributed by atoms with E-state index in [0.29, 0.717) is 0 Å². The molecule has 1 aromatic rings. The van der Waals surface area contributed by atoms with E-state index in [0.717, 1.165) is 37.5 Å². The van der Waals surface area contributed by atoms with Gasteiger partial charge in [-0.2, -0.15) is 0 Å². The van der Waals surface area contributed by atoms with Gasteiger partial charge >= 0.3 is 0 Å². The number of rotatable bonds is 7. The molecule has 2 N–H and O–H groups in total. The average Bonchev–Trinajstić information content (AvgIpc) is 3.21. The molecule has 0 saturated heterocycles. The van der Waals surface area contributed by atoms with Crippen molar-refractivity contribution in [2.45, 2.75) is 52.0 Å². The Hall–Kier alpha value is -1.02. The zero-order chi connectivity index (χ0) is 13.0. The molecule has 0 radical (unpaired) electrons. The van der Waals surface area contributed by atoms with Crippen LogP contribution in [0.25, 0.3) is 0 Å². The number of nitrogens with two attached hydrogens (primary N) is 1. The third-order valence-electron chi connectivity index (χ3n) is 3.71. The van der Waals surface area contributed by atoms with Gasteiger partial charge in [-0.3, -0.25) is 0 Å². The van der Waals surface area contributed by atoms with Gasteiger partial charge in [0.25, 0.3) is 0 Å². The second kappa shape index (κ2) is 6.24. The summed E-state index contributed by atoms with van der Waals surface area (Å²) in [6.45, 7) is 5.20. The van der Waals surface area contributed by atoms with Crippen molar-refractivity contribution in [3.05, 3.63) is 29.3 Å². The Labute approximate surface area is 111 Å². The second-order valence-corrected chi connectivity index (χ2v) is 5.42. The van der Waals surface area contributed by atoms with E-state index in [1.54, 1.807) is 0 Å². The van der Waals surface area contributed by atoms with Crippen LogP contribution in [-0.2, 0) is 12.8 Å². The first-order valence-corrected chi connectivity index (χ1v) is 7.23. The van der Waals surface area contributed by atoms with Gasteiger partial charge in [0.05, 0.1) is 6.61 Å². The highest BCUT2D eigenvalue weighted by atomic mass is 16.5. The standard InChI is InChI=1S/C16H25NO/c1-3-12-7-8-16(18-11-13-5-6-13)14(9-12)10-15(17)4-2/h7-9,13,15H,3-6,10-11,17H2,1-2H3. The third-order valence-corrected chi connectivity index (χ3v) is 3.71. The summed E-state index contributed by atoms with van der Waals surface area (Å²) in [4.78, 5) is 0. The van der Waals surface area contributed by atoms with Gasteiger partial charge in [0.2, 0.25) is 0 Å². The van der Waals surface area contributed by atoms with Crippen LogP contribution < -0.4 is 10.5 Å². The van der Waals surface area contributed by atoms with E-state index in [2.05, 4.69) is 32.0 Å². The molecule has 0 amide bonds. The smallest absolute Gasteiger partial charge is 0.122 e. The van der Waals surface area contributed by atoms with Crippen LogP contribution in [0, 0.1) is 5.92 Å². The van der Waals surface area contributed by atoms with Gasteiger partial charge in [-0.05, 0) is 55.2 Å². The Balaban J connectivity index is 2.08. The quantitative estimate of drug-likeness (QED) is 0.802. The predicted molar refractivity (Wildman–Crippen MR) is 76.0 cm³/mol. The molecule has 1 atom stereocenters. The molecule has 1 saturated carbocycles. The number of hydrogen-bond donors (Lipinski definition) is 1. The monoisotopic (exact) mass is 247 g/mol. The van der Waals surface area contributed by atoms with Crippen LogP contribution in [0.1, 0.15) is 44.2 Å². The highest BCUT2D eigenvalue weighted by Crippen LogP contribution is 2.31. The maximum absolute atomic E-state index is 6.08. The van der Waals surface area contributed by atoms with Crippen molar-refractivity contribution in [3.8, 4) is 5.75 Å². The van der Waals surface area contributed by atoms with Crippen molar-refractivity contribution < 1.29 is 4.74 Å². The molecular formula is C16H25NO. The van der Waals surface area contributed by atoms with Gasteiger partial charge in [0.15, 0.2) is 0 Å². The van der Waals surface area contributed by atoms with Gasteiger partial charge in [0, 0.05) is 6.04 Å². The molecule has 0 heterocycles. The molecule has 0 aliphatic heterocycles. The normalized spacial score (nSPS) is 16.6. The average molecular weight is 247 g/mol. The van der Waals surface area contributed by atoms with Crippen molar-refractivity contribution in [3.63, 3.8) is 0 Å². The Morgan fingerprint density at radius 2 is 2.11 bits per heavy atom. The highest BCUT2D eigenvalue weighted by molar-refractivity contribution is 5.38. The summed E-state index contributed by atoms with van der Waals surface area (Å²) >= 11 is 0. The van der Waals surface area contributed by atoms with Crippen LogP contribution in [0.4, 0.5) is 0 Å². The van der Waals surface area contributed by atoms with Crippen LogP contribution in [0.2, 0.25) is 0 Å². The molecule has 18 heavy (non-hydrogen) atoms. The number of ether oxygens (including phenoxy) is 1. The summed E-state index contributed by atoms with van der Waals surface area (Å²) in [5.74, 6) is 1.84. The van der Waals surface area contributed by atoms with Gasteiger partial charge in [-0.15, -0.1) is 0 Å². The zero-order valence-electron chi connectivity index (χ0n) is 11.6. The molecule has 0 bridgehead atoms. The molecule has 1 fully saturated rings. The van der Waals surface area contributed by atoms with Crippen LogP contribution in [0.5, 0.6) is 5.75 Å². The molecule has 1 aromatic carbocycles. The van der Waals surface area contributed by atoms with E-state index in [-0.39, 0.29) is 6.04 Å². The molecule has 0 spiro atoms. The minimum absolute atomic E-state index is 0.236. The fourth-order valence-electron chi connectivity index (χ4n) is 2.07. The summed E-state index contributed by atoms with van der Waals surface area (Å²) in [6.07, 6.45) is 5.66. The Kier molecular flexibility index (Phi) is 4.65. The summed E-state index contributed by atoms with van der Waals surface area (Å²) < 4.78 is 5.95. The lowest BCUT2D eigenvalue weighted by Gasteiger charge is -2.15. The summed E-state index contributed by atoms with van der Waals surface area (Å²) in [6, 6.07) is 6.79. The molecule has 100 valence electrons. The molecule has 1 aliphatic rings. The molecule has 1 aliphatic carbocycles. The fraction of sp³-hybridized carbons (Fsp3) is 0.625. The molecule has 1 unspecified atom stereocenters. The molecule has 2 rings (SSSR count). The SMILES string of the molecule is CCc1ccc(OCC2CC2)c(CC(N)CC)c1. The van der Waals surface area contributed by atoms with Crippen molar-refractivity contribution in [2.75, 3.05) is 6.61 Å². The van der Waals surface area contributed by atoms with E-state index < -0.39 is 0 Å². The lowest BCUT2D eigenvalue weighted by molar-refractivity contribution is 0.296. The highest BCUT2D eigenvalue weighted by Gasteiger charge is 2.22. The maximum Gasteiger partial charge on any atom is 0.122 e. The number of aryl methyl sites for hydroxylation is 1. The van der Waals surface area contributed by atoms with Crippen LogP contribution in [0.3, 0.4) is 0 Å². The fourth-order valence-corrected chi connectivity index (χ4v) is 2.07. The van der Waals surface area contributed by atoms with Crippen molar-refractivity contribution in [1.29, 1.82) is 0 Å². The van der Waals surface area contributed by atoms with Crippen molar-refractivity contribution in [1.82, 2.24) is 0 Å². The molecule has 0 aromatic heterocycles. The summed E-state index contributed by atoms with van der Waals surface area (Å²) in [5, 5.41) is 0. The molecule has 2 heteroatoms. The lowest BCUT2D eigenvalue weighted by Crippen LogP contribution is -2.22. The third kappa shape index (κ3) is 3.74. The van der Waals surface area contributed by atoms with Crippen LogP contribution in [0.15, 0.2) is 18.2 Å². The first-order valence-electron chi connectivity index (χ1n) is 7.23. The topological polar surface area (TPSA) is 35.2 Å². The minimum Gasteiger partial charge on any atom is -0.493 e. The summed E-state index contributed by atoms with van der Waals surface area (Å²) in [5.41, 5.74) is 8.73. The Bertz CT molecular complexity index is 385.